The van der Waals surface area contributed by atoms with Gasteiger partial charge >= 0.3 is 0 Å². The molecule has 0 bridgehead atoms. The van der Waals surface area contributed by atoms with Gasteiger partial charge in [0.2, 0.25) is 5.91 Å². The fourth-order valence-electron chi connectivity index (χ4n) is 1.58. The molecule has 0 radical (unpaired) electrons. The molecule has 1 atom stereocenters. The number of carbonyl (C=O) groups excluding carboxylic acids is 1. The molecule has 0 N–H and O–H groups in total. The van der Waals surface area contributed by atoms with Crippen molar-refractivity contribution in [3.63, 3.8) is 0 Å². The minimum atomic E-state index is -0.461. The summed E-state index contributed by atoms with van der Waals surface area (Å²) in [6.45, 7) is 0.535. The molecule has 2 rings (SSSR count). The monoisotopic (exact) mass is 291 g/mol. The Kier molecular flexibility index (Phi) is 2.98. The second kappa shape index (κ2) is 4.10. The van der Waals surface area contributed by atoms with Gasteiger partial charge in [-0.3, -0.25) is 4.79 Å². The van der Waals surface area contributed by atoms with E-state index in [0.29, 0.717) is 23.7 Å². The number of rotatable bonds is 1. The second-order valence-corrected chi connectivity index (χ2v) is 4.88. The summed E-state index contributed by atoms with van der Waals surface area (Å²) in [7, 11) is 0. The van der Waals surface area contributed by atoms with Crippen molar-refractivity contribution in [1.29, 1.82) is 0 Å². The first-order valence-corrected chi connectivity index (χ1v) is 5.79. The Morgan fingerprint density at radius 3 is 2.80 bits per heavy atom. The number of nitrogens with zero attached hydrogens (tertiary/aromatic N) is 1. The molecule has 15 heavy (non-hydrogen) atoms. The number of anilines is 1. The molecule has 1 aromatic rings. The highest BCUT2D eigenvalue weighted by Crippen LogP contribution is 2.28. The number of hydrogen-bond acceptors (Lipinski definition) is 1. The topological polar surface area (TPSA) is 20.3 Å². The van der Waals surface area contributed by atoms with Crippen LogP contribution in [0.4, 0.5) is 10.1 Å². The maximum Gasteiger partial charge on any atom is 0.240 e. The summed E-state index contributed by atoms with van der Waals surface area (Å²) in [5.41, 5.74) is 0.298. The van der Waals surface area contributed by atoms with Crippen LogP contribution in [0.3, 0.4) is 0 Å². The highest BCUT2D eigenvalue weighted by molar-refractivity contribution is 9.10. The smallest absolute Gasteiger partial charge is 0.240 e. The van der Waals surface area contributed by atoms with Crippen LogP contribution in [-0.4, -0.2) is 17.3 Å². The van der Waals surface area contributed by atoms with Crippen molar-refractivity contribution in [2.24, 2.45) is 0 Å². The zero-order valence-electron chi connectivity index (χ0n) is 7.71. The molecule has 0 spiro atoms. The fraction of sp³-hybridized carbons (Fsp3) is 0.300. The first-order valence-electron chi connectivity index (χ1n) is 4.50. The quantitative estimate of drug-likeness (QED) is 0.729. The number of benzene rings is 1. The molecule has 0 aromatic heterocycles. The molecule has 1 heterocycles. The van der Waals surface area contributed by atoms with Gasteiger partial charge in [0.1, 0.15) is 5.82 Å². The van der Waals surface area contributed by atoms with Crippen molar-refractivity contribution in [3.8, 4) is 0 Å². The molecule has 1 saturated heterocycles. The molecule has 5 heteroatoms. The molecule has 80 valence electrons. The third-order valence-corrected chi connectivity index (χ3v) is 3.43. The molecule has 1 unspecified atom stereocenters. The second-order valence-electron chi connectivity index (χ2n) is 3.34. The van der Waals surface area contributed by atoms with E-state index in [0.717, 1.165) is 0 Å². The Hall–Kier alpha value is -0.610. The number of amides is 1. The van der Waals surface area contributed by atoms with Crippen LogP contribution in [0.1, 0.15) is 6.42 Å². The van der Waals surface area contributed by atoms with E-state index in [9.17, 15) is 9.18 Å². The Balaban J connectivity index is 2.34. The highest BCUT2D eigenvalue weighted by Gasteiger charge is 2.31. The predicted octanol–water partition coefficient (Wildman–Crippen LogP) is 2.98. The van der Waals surface area contributed by atoms with E-state index >= 15 is 0 Å². The summed E-state index contributed by atoms with van der Waals surface area (Å²) in [5.74, 6) is -0.561. The summed E-state index contributed by atoms with van der Waals surface area (Å²) in [4.78, 5) is 12.9. The Bertz CT molecular complexity index is 412. The predicted molar refractivity (Wildman–Crippen MR) is 61.1 cm³/mol. The lowest BCUT2D eigenvalue weighted by molar-refractivity contribution is -0.116. The lowest BCUT2D eigenvalue weighted by Crippen LogP contribution is -2.27. The van der Waals surface area contributed by atoms with Gasteiger partial charge in [0.25, 0.3) is 0 Å². The van der Waals surface area contributed by atoms with E-state index in [1.165, 1.54) is 17.0 Å². The lowest BCUT2D eigenvalue weighted by Gasteiger charge is -2.16. The first-order chi connectivity index (χ1) is 7.09. The fourth-order valence-corrected chi connectivity index (χ4v) is 2.20. The van der Waals surface area contributed by atoms with Gasteiger partial charge in [-0.05, 0) is 24.6 Å². The molecular formula is C10H8BrClFNO. The van der Waals surface area contributed by atoms with E-state index in [1.807, 2.05) is 0 Å². The van der Waals surface area contributed by atoms with Crippen LogP contribution in [-0.2, 0) is 4.79 Å². The molecule has 1 fully saturated rings. The average molecular weight is 293 g/mol. The van der Waals surface area contributed by atoms with Crippen molar-refractivity contribution >= 4 is 39.1 Å². The summed E-state index contributed by atoms with van der Waals surface area (Å²) < 4.78 is 13.5. The van der Waals surface area contributed by atoms with Crippen LogP contribution < -0.4 is 4.90 Å². The van der Waals surface area contributed by atoms with Gasteiger partial charge in [0.05, 0.1) is 10.5 Å². The van der Waals surface area contributed by atoms with Crippen LogP contribution in [0, 0.1) is 5.82 Å². The van der Waals surface area contributed by atoms with Gasteiger partial charge in [-0.15, -0.1) is 0 Å². The number of alkyl halides is 1. The largest absolute Gasteiger partial charge is 0.309 e. The van der Waals surface area contributed by atoms with Crippen LogP contribution >= 0.6 is 27.5 Å². The zero-order chi connectivity index (χ0) is 11.0. The van der Waals surface area contributed by atoms with E-state index in [2.05, 4.69) is 15.9 Å². The Morgan fingerprint density at radius 2 is 2.27 bits per heavy atom. The van der Waals surface area contributed by atoms with Crippen molar-refractivity contribution in [1.82, 2.24) is 0 Å². The third kappa shape index (κ3) is 2.01. The summed E-state index contributed by atoms with van der Waals surface area (Å²) >= 11 is 8.88. The van der Waals surface area contributed by atoms with E-state index in [4.69, 9.17) is 11.6 Å². The van der Waals surface area contributed by atoms with Crippen molar-refractivity contribution in [2.45, 2.75) is 11.2 Å². The van der Waals surface area contributed by atoms with Crippen LogP contribution in [0.25, 0.3) is 0 Å². The van der Waals surface area contributed by atoms with Crippen molar-refractivity contribution in [2.75, 3.05) is 11.4 Å². The van der Waals surface area contributed by atoms with Crippen molar-refractivity contribution in [3.05, 3.63) is 29.0 Å². The summed E-state index contributed by atoms with van der Waals surface area (Å²) in [6.07, 6.45) is 0.695. The van der Waals surface area contributed by atoms with Crippen molar-refractivity contribution < 1.29 is 9.18 Å². The zero-order valence-corrected chi connectivity index (χ0v) is 10.1. The number of carbonyl (C=O) groups is 1. The van der Waals surface area contributed by atoms with E-state index in [1.54, 1.807) is 6.07 Å². The Labute approximate surface area is 100 Å². The molecule has 1 aliphatic rings. The molecule has 1 aromatic carbocycles. The van der Waals surface area contributed by atoms with Crippen LogP contribution in [0.5, 0.6) is 0 Å². The molecule has 1 amide bonds. The van der Waals surface area contributed by atoms with Gasteiger partial charge < -0.3 is 4.90 Å². The normalized spacial score (nSPS) is 21.1. The first kappa shape index (κ1) is 10.9. The number of hydrogen-bond donors (Lipinski definition) is 0. The molecular weight excluding hydrogens is 284 g/mol. The maximum absolute atomic E-state index is 13.5. The average Bonchev–Trinajstić information content (AvgIpc) is 2.49. The van der Waals surface area contributed by atoms with Gasteiger partial charge in [-0.2, -0.15) is 0 Å². The number of halogens is 3. The highest BCUT2D eigenvalue weighted by atomic mass is 79.9. The SMILES string of the molecule is O=C1C(Br)CCN1c1ccc(Cl)cc1F. The molecule has 1 aliphatic heterocycles. The standard InChI is InChI=1S/C10H8BrClFNO/c11-7-3-4-14(10(7)15)9-2-1-6(12)5-8(9)13/h1-2,5,7H,3-4H2. The molecule has 0 aliphatic carbocycles. The minimum Gasteiger partial charge on any atom is -0.309 e. The molecule has 0 saturated carbocycles. The van der Waals surface area contributed by atoms with Gasteiger partial charge in [-0.1, -0.05) is 27.5 Å². The maximum atomic E-state index is 13.5. The van der Waals surface area contributed by atoms with E-state index in [-0.39, 0.29) is 10.7 Å². The minimum absolute atomic E-state index is 0.101. The van der Waals surface area contributed by atoms with Crippen LogP contribution in [0.2, 0.25) is 5.02 Å². The lowest BCUT2D eigenvalue weighted by atomic mass is 10.3. The third-order valence-electron chi connectivity index (χ3n) is 2.34. The molecule has 2 nitrogen and oxygen atoms in total. The van der Waals surface area contributed by atoms with Crippen LogP contribution in [0.15, 0.2) is 18.2 Å². The van der Waals surface area contributed by atoms with Gasteiger partial charge in [0, 0.05) is 11.6 Å². The Morgan fingerprint density at radius 1 is 1.53 bits per heavy atom. The summed E-state index contributed by atoms with van der Waals surface area (Å²) in [5, 5.41) is 0.332. The van der Waals surface area contributed by atoms with E-state index < -0.39 is 5.82 Å². The van der Waals surface area contributed by atoms with Gasteiger partial charge in [-0.25, -0.2) is 4.39 Å². The summed E-state index contributed by atoms with van der Waals surface area (Å²) in [6, 6.07) is 4.32. The van der Waals surface area contributed by atoms with Gasteiger partial charge in [0.15, 0.2) is 0 Å².